The first-order valence-electron chi connectivity index (χ1n) is 8.15. The van der Waals surface area contributed by atoms with Gasteiger partial charge in [0.25, 0.3) is 5.88 Å². The summed E-state index contributed by atoms with van der Waals surface area (Å²) in [6.07, 6.45) is 3.33. The van der Waals surface area contributed by atoms with Crippen LogP contribution in [0.3, 0.4) is 0 Å². The van der Waals surface area contributed by atoms with Gasteiger partial charge in [-0.25, -0.2) is 9.97 Å². The number of benzene rings is 1. The number of hydrogen-bond acceptors (Lipinski definition) is 9. The maximum Gasteiger partial charge on any atom is 0.257 e. The number of piperazine rings is 1. The van der Waals surface area contributed by atoms with Gasteiger partial charge in [-0.1, -0.05) is 6.07 Å². The first-order valence-corrected chi connectivity index (χ1v) is 8.88. The van der Waals surface area contributed by atoms with E-state index < -0.39 is 0 Å². The standard InChI is InChI=1S/C16H18N6O2S/c1-2-12-14(21-25-20-12)13(3-1)23-10-11-24-16-15(18-4-5-19-16)22-8-6-17-7-9-22/h1-5,17H,6-11H2. The van der Waals surface area contributed by atoms with E-state index in [1.807, 2.05) is 18.2 Å². The van der Waals surface area contributed by atoms with Crippen LogP contribution in [0.15, 0.2) is 30.6 Å². The van der Waals surface area contributed by atoms with E-state index in [1.54, 1.807) is 12.4 Å². The Morgan fingerprint density at radius 1 is 1.04 bits per heavy atom. The number of aromatic nitrogens is 4. The van der Waals surface area contributed by atoms with Crippen LogP contribution in [-0.4, -0.2) is 58.1 Å². The van der Waals surface area contributed by atoms with E-state index in [0.29, 0.717) is 19.1 Å². The van der Waals surface area contributed by atoms with Gasteiger partial charge in [0.2, 0.25) is 0 Å². The lowest BCUT2D eigenvalue weighted by molar-refractivity contribution is 0.213. The fourth-order valence-electron chi connectivity index (χ4n) is 2.70. The van der Waals surface area contributed by atoms with Crippen molar-refractivity contribution in [2.75, 3.05) is 44.3 Å². The molecule has 0 amide bonds. The largest absolute Gasteiger partial charge is 0.488 e. The minimum Gasteiger partial charge on any atom is -0.488 e. The minimum atomic E-state index is 0.381. The van der Waals surface area contributed by atoms with E-state index in [9.17, 15) is 0 Å². The normalized spacial score (nSPS) is 14.6. The van der Waals surface area contributed by atoms with Crippen molar-refractivity contribution in [2.45, 2.75) is 0 Å². The second kappa shape index (κ2) is 7.58. The van der Waals surface area contributed by atoms with Crippen molar-refractivity contribution in [3.05, 3.63) is 30.6 Å². The Hall–Kier alpha value is -2.52. The fourth-order valence-corrected chi connectivity index (χ4v) is 3.24. The maximum absolute atomic E-state index is 5.81. The fraction of sp³-hybridized carbons (Fsp3) is 0.375. The van der Waals surface area contributed by atoms with E-state index in [-0.39, 0.29) is 0 Å². The molecule has 3 aromatic rings. The summed E-state index contributed by atoms with van der Waals surface area (Å²) in [5.74, 6) is 2.05. The van der Waals surface area contributed by atoms with Crippen LogP contribution in [-0.2, 0) is 0 Å². The Kier molecular flexibility index (Phi) is 4.84. The van der Waals surface area contributed by atoms with Gasteiger partial charge in [0, 0.05) is 38.6 Å². The van der Waals surface area contributed by atoms with Gasteiger partial charge in [0.1, 0.15) is 30.0 Å². The molecule has 0 spiro atoms. The van der Waals surface area contributed by atoms with Crippen LogP contribution < -0.4 is 19.7 Å². The molecule has 4 rings (SSSR count). The second-order valence-electron chi connectivity index (χ2n) is 5.51. The molecule has 130 valence electrons. The van der Waals surface area contributed by atoms with Gasteiger partial charge in [-0.05, 0) is 12.1 Å². The monoisotopic (exact) mass is 358 g/mol. The summed E-state index contributed by atoms with van der Waals surface area (Å²) < 4.78 is 20.1. The molecule has 1 N–H and O–H groups in total. The molecule has 8 nitrogen and oxygen atoms in total. The van der Waals surface area contributed by atoms with Crippen molar-refractivity contribution < 1.29 is 9.47 Å². The highest BCUT2D eigenvalue weighted by molar-refractivity contribution is 7.00. The third kappa shape index (κ3) is 3.62. The molecule has 0 aliphatic carbocycles. The molecule has 1 saturated heterocycles. The molecule has 25 heavy (non-hydrogen) atoms. The molecule has 0 saturated carbocycles. The van der Waals surface area contributed by atoms with Crippen LogP contribution in [0.1, 0.15) is 0 Å². The van der Waals surface area contributed by atoms with Crippen molar-refractivity contribution >= 4 is 28.6 Å². The Morgan fingerprint density at radius 2 is 1.88 bits per heavy atom. The van der Waals surface area contributed by atoms with Gasteiger partial charge in [0.05, 0.1) is 11.7 Å². The summed E-state index contributed by atoms with van der Waals surface area (Å²) >= 11 is 1.18. The quantitative estimate of drug-likeness (QED) is 0.661. The van der Waals surface area contributed by atoms with Gasteiger partial charge >= 0.3 is 0 Å². The Labute approximate surface area is 149 Å². The van der Waals surface area contributed by atoms with Crippen molar-refractivity contribution in [3.8, 4) is 11.6 Å². The van der Waals surface area contributed by atoms with Crippen LogP contribution in [0.25, 0.3) is 11.0 Å². The summed E-state index contributed by atoms with van der Waals surface area (Å²) in [7, 11) is 0. The van der Waals surface area contributed by atoms with E-state index >= 15 is 0 Å². The number of nitrogens with zero attached hydrogens (tertiary/aromatic N) is 5. The molecule has 9 heteroatoms. The summed E-state index contributed by atoms with van der Waals surface area (Å²) in [4.78, 5) is 10.9. The molecule has 0 unspecified atom stereocenters. The van der Waals surface area contributed by atoms with E-state index in [2.05, 4.69) is 28.9 Å². The smallest absolute Gasteiger partial charge is 0.257 e. The summed E-state index contributed by atoms with van der Waals surface area (Å²) in [5.41, 5.74) is 1.63. The summed E-state index contributed by atoms with van der Waals surface area (Å²) in [6.45, 7) is 4.43. The molecule has 3 heterocycles. The average Bonchev–Trinajstić information content (AvgIpc) is 3.16. The number of nitrogens with one attached hydrogen (secondary N) is 1. The first-order chi connectivity index (χ1) is 12.4. The van der Waals surface area contributed by atoms with Crippen molar-refractivity contribution in [3.63, 3.8) is 0 Å². The lowest BCUT2D eigenvalue weighted by atomic mass is 10.3. The molecular formula is C16H18N6O2S. The van der Waals surface area contributed by atoms with Crippen LogP contribution in [0, 0.1) is 0 Å². The Bertz CT molecular complexity index is 836. The highest BCUT2D eigenvalue weighted by Gasteiger charge is 2.17. The van der Waals surface area contributed by atoms with Crippen LogP contribution in [0.2, 0.25) is 0 Å². The van der Waals surface area contributed by atoms with Gasteiger partial charge in [-0.2, -0.15) is 8.75 Å². The number of anilines is 1. The molecule has 1 fully saturated rings. The molecule has 0 radical (unpaired) electrons. The molecule has 1 aliphatic heterocycles. The average molecular weight is 358 g/mol. The van der Waals surface area contributed by atoms with Crippen molar-refractivity contribution in [2.24, 2.45) is 0 Å². The molecular weight excluding hydrogens is 340 g/mol. The number of hydrogen-bond donors (Lipinski definition) is 1. The SMILES string of the molecule is c1cc(OCCOc2nccnc2N2CCNCC2)c2nsnc2c1. The van der Waals surface area contributed by atoms with Crippen molar-refractivity contribution in [1.29, 1.82) is 0 Å². The predicted octanol–water partition coefficient (Wildman–Crippen LogP) is 1.35. The second-order valence-corrected chi connectivity index (χ2v) is 6.04. The summed E-state index contributed by atoms with van der Waals surface area (Å²) in [6, 6.07) is 5.71. The van der Waals surface area contributed by atoms with Gasteiger partial charge in [0.15, 0.2) is 5.82 Å². The zero-order valence-corrected chi connectivity index (χ0v) is 14.4. The number of rotatable bonds is 6. The van der Waals surface area contributed by atoms with E-state index in [1.165, 1.54) is 11.7 Å². The minimum absolute atomic E-state index is 0.381. The zero-order valence-electron chi connectivity index (χ0n) is 13.6. The first kappa shape index (κ1) is 16.0. The van der Waals surface area contributed by atoms with E-state index in [0.717, 1.165) is 48.8 Å². The van der Waals surface area contributed by atoms with Gasteiger partial charge in [-0.15, -0.1) is 0 Å². The Balaban J connectivity index is 1.36. The van der Waals surface area contributed by atoms with Gasteiger partial charge < -0.3 is 19.7 Å². The van der Waals surface area contributed by atoms with Crippen molar-refractivity contribution in [1.82, 2.24) is 24.0 Å². The topological polar surface area (TPSA) is 85.3 Å². The molecule has 1 aromatic carbocycles. The number of ether oxygens (including phenoxy) is 2. The van der Waals surface area contributed by atoms with Crippen LogP contribution in [0.4, 0.5) is 5.82 Å². The Morgan fingerprint density at radius 3 is 2.80 bits per heavy atom. The molecule has 1 aliphatic rings. The molecule has 0 bridgehead atoms. The van der Waals surface area contributed by atoms with Crippen LogP contribution >= 0.6 is 11.7 Å². The number of fused-ring (bicyclic) bond motifs is 1. The van der Waals surface area contributed by atoms with E-state index in [4.69, 9.17) is 9.47 Å². The zero-order chi connectivity index (χ0) is 16.9. The molecule has 0 atom stereocenters. The lowest BCUT2D eigenvalue weighted by Crippen LogP contribution is -2.44. The van der Waals surface area contributed by atoms with Crippen LogP contribution in [0.5, 0.6) is 11.6 Å². The lowest BCUT2D eigenvalue weighted by Gasteiger charge is -2.28. The third-order valence-electron chi connectivity index (χ3n) is 3.89. The highest BCUT2D eigenvalue weighted by atomic mass is 32.1. The highest BCUT2D eigenvalue weighted by Crippen LogP contribution is 2.24. The summed E-state index contributed by atoms with van der Waals surface area (Å²) in [5, 5.41) is 3.33. The van der Waals surface area contributed by atoms with Gasteiger partial charge in [-0.3, -0.25) is 0 Å². The maximum atomic E-state index is 5.81. The molecule has 2 aromatic heterocycles. The third-order valence-corrected chi connectivity index (χ3v) is 4.43. The predicted molar refractivity (Wildman–Crippen MR) is 95.5 cm³/mol.